The van der Waals surface area contributed by atoms with Gasteiger partial charge in [-0.1, -0.05) is 23.4 Å². The molecule has 3 aromatic rings. The molecule has 2 aromatic heterocycles. The molecular formula is C18H17ClN2O3S2. The normalized spacial score (nSPS) is 12.3. The van der Waals surface area contributed by atoms with E-state index in [1.165, 1.54) is 30.2 Å². The third-order valence-electron chi connectivity index (χ3n) is 4.05. The van der Waals surface area contributed by atoms with Gasteiger partial charge in [0.15, 0.2) is 10.1 Å². The van der Waals surface area contributed by atoms with E-state index in [0.29, 0.717) is 27.5 Å². The van der Waals surface area contributed by atoms with Crippen LogP contribution >= 0.6 is 34.7 Å². The van der Waals surface area contributed by atoms with Gasteiger partial charge < -0.3 is 9.72 Å². The second kappa shape index (κ2) is 7.42. The van der Waals surface area contributed by atoms with Crippen LogP contribution in [0.2, 0.25) is 5.02 Å². The number of methoxy groups -OCH3 is 1. The summed E-state index contributed by atoms with van der Waals surface area (Å²) in [6.07, 6.45) is 0. The standard InChI is InChI=1S/C18H17ClN2O3S2/c1-8-14(17(23)24-4)9(2)20-15(8)16(22)10(3)25-18-21-12-7-11(19)5-6-13(12)26-18/h5-7,10,20H,1-4H3. The van der Waals surface area contributed by atoms with Gasteiger partial charge in [0.05, 0.1) is 33.8 Å². The molecule has 1 aromatic carbocycles. The third kappa shape index (κ3) is 3.51. The Kier molecular flexibility index (Phi) is 5.41. The van der Waals surface area contributed by atoms with E-state index >= 15 is 0 Å². The Bertz CT molecular complexity index is 1010. The summed E-state index contributed by atoms with van der Waals surface area (Å²) in [6.45, 7) is 5.34. The summed E-state index contributed by atoms with van der Waals surface area (Å²) in [6, 6.07) is 5.56. The molecule has 26 heavy (non-hydrogen) atoms. The minimum atomic E-state index is -0.446. The average Bonchev–Trinajstić information content (AvgIpc) is 3.12. The van der Waals surface area contributed by atoms with Gasteiger partial charge in [0.25, 0.3) is 0 Å². The molecule has 0 fully saturated rings. The highest BCUT2D eigenvalue weighted by atomic mass is 35.5. The first-order valence-corrected chi connectivity index (χ1v) is 9.93. The number of carbonyl (C=O) groups excluding carboxylic acids is 2. The number of rotatable bonds is 5. The molecule has 5 nitrogen and oxygen atoms in total. The van der Waals surface area contributed by atoms with Crippen molar-refractivity contribution in [2.45, 2.75) is 30.4 Å². The highest BCUT2D eigenvalue weighted by Gasteiger charge is 2.26. The summed E-state index contributed by atoms with van der Waals surface area (Å²) in [4.78, 5) is 32.3. The fourth-order valence-corrected chi connectivity index (χ4v) is 5.16. The lowest BCUT2D eigenvalue weighted by Crippen LogP contribution is -2.15. The molecule has 0 radical (unpaired) electrons. The topological polar surface area (TPSA) is 72.1 Å². The second-order valence-corrected chi connectivity index (χ2v) is 8.89. The number of benzene rings is 1. The van der Waals surface area contributed by atoms with Crippen molar-refractivity contribution in [2.75, 3.05) is 7.11 Å². The number of H-pyrrole nitrogens is 1. The zero-order valence-electron chi connectivity index (χ0n) is 14.7. The molecule has 2 heterocycles. The molecule has 1 atom stereocenters. The van der Waals surface area contributed by atoms with Gasteiger partial charge >= 0.3 is 5.97 Å². The fourth-order valence-electron chi connectivity index (χ4n) is 2.74. The van der Waals surface area contributed by atoms with Crippen LogP contribution in [0.5, 0.6) is 0 Å². The number of aryl methyl sites for hydroxylation is 1. The van der Waals surface area contributed by atoms with Gasteiger partial charge in [-0.15, -0.1) is 11.3 Å². The van der Waals surface area contributed by atoms with E-state index in [4.69, 9.17) is 16.3 Å². The van der Waals surface area contributed by atoms with Gasteiger partial charge in [0.1, 0.15) is 0 Å². The van der Waals surface area contributed by atoms with Gasteiger partial charge in [-0.05, 0) is 44.5 Å². The molecule has 8 heteroatoms. The average molecular weight is 409 g/mol. The Morgan fingerprint density at radius 2 is 2.08 bits per heavy atom. The summed E-state index contributed by atoms with van der Waals surface area (Å²) < 4.78 is 6.62. The highest BCUT2D eigenvalue weighted by molar-refractivity contribution is 8.02. The molecule has 0 aliphatic carbocycles. The molecule has 1 N–H and O–H groups in total. The van der Waals surface area contributed by atoms with Crippen LogP contribution in [0.3, 0.4) is 0 Å². The molecular weight excluding hydrogens is 392 g/mol. The number of carbonyl (C=O) groups is 2. The molecule has 3 rings (SSSR count). The largest absolute Gasteiger partial charge is 0.465 e. The zero-order chi connectivity index (χ0) is 19.0. The molecule has 0 saturated carbocycles. The first kappa shape index (κ1) is 18.9. The van der Waals surface area contributed by atoms with Crippen LogP contribution in [0, 0.1) is 13.8 Å². The number of fused-ring (bicyclic) bond motifs is 1. The molecule has 0 aliphatic rings. The maximum atomic E-state index is 12.9. The highest BCUT2D eigenvalue weighted by Crippen LogP contribution is 2.34. The smallest absolute Gasteiger partial charge is 0.339 e. The number of ether oxygens (including phenoxy) is 1. The monoisotopic (exact) mass is 408 g/mol. The van der Waals surface area contributed by atoms with Crippen molar-refractivity contribution in [2.24, 2.45) is 0 Å². The number of thiazole rings is 1. The Labute approximate surface area is 164 Å². The van der Waals surface area contributed by atoms with Gasteiger partial charge in [0.2, 0.25) is 0 Å². The number of aromatic amines is 1. The predicted molar refractivity (Wildman–Crippen MR) is 106 cm³/mol. The maximum absolute atomic E-state index is 12.9. The SMILES string of the molecule is COC(=O)c1c(C)[nH]c(C(=O)C(C)Sc2nc3cc(Cl)ccc3s2)c1C. The molecule has 1 unspecified atom stereocenters. The number of hydrogen-bond acceptors (Lipinski definition) is 6. The van der Waals surface area contributed by atoms with Crippen LogP contribution in [-0.2, 0) is 4.74 Å². The first-order chi connectivity index (χ1) is 12.3. The van der Waals surface area contributed by atoms with Gasteiger partial charge in [-0.2, -0.15) is 0 Å². The minimum Gasteiger partial charge on any atom is -0.465 e. The van der Waals surface area contributed by atoms with E-state index in [1.807, 2.05) is 25.1 Å². The van der Waals surface area contributed by atoms with Crippen LogP contribution in [0.25, 0.3) is 10.2 Å². The summed E-state index contributed by atoms with van der Waals surface area (Å²) in [5.41, 5.74) is 2.92. The van der Waals surface area contributed by atoms with Crippen molar-refractivity contribution in [3.05, 3.63) is 45.7 Å². The van der Waals surface area contributed by atoms with Crippen LogP contribution in [0.1, 0.15) is 39.0 Å². The zero-order valence-corrected chi connectivity index (χ0v) is 17.1. The Morgan fingerprint density at radius 1 is 1.35 bits per heavy atom. The van der Waals surface area contributed by atoms with Crippen LogP contribution in [-0.4, -0.2) is 34.1 Å². The summed E-state index contributed by atoms with van der Waals surface area (Å²) in [5, 5.41) is 0.282. The molecule has 0 saturated heterocycles. The van der Waals surface area contributed by atoms with Gasteiger partial charge in [0, 0.05) is 10.7 Å². The van der Waals surface area contributed by atoms with Gasteiger partial charge in [-0.3, -0.25) is 4.79 Å². The number of nitrogens with zero attached hydrogens (tertiary/aromatic N) is 1. The Morgan fingerprint density at radius 3 is 2.77 bits per heavy atom. The number of Topliss-reactive ketones (excluding diaryl/α,β-unsaturated/α-hetero) is 1. The number of halogens is 1. The second-order valence-electron chi connectivity index (χ2n) is 5.83. The van der Waals surface area contributed by atoms with E-state index in [0.717, 1.165) is 14.6 Å². The van der Waals surface area contributed by atoms with Crippen molar-refractivity contribution < 1.29 is 14.3 Å². The van der Waals surface area contributed by atoms with Gasteiger partial charge in [-0.25, -0.2) is 9.78 Å². The third-order valence-corrected chi connectivity index (χ3v) is 6.52. The molecule has 0 spiro atoms. The lowest BCUT2D eigenvalue weighted by molar-refractivity contribution is 0.0599. The number of esters is 1. The van der Waals surface area contributed by atoms with Crippen LogP contribution in [0.15, 0.2) is 22.5 Å². The number of thioether (sulfide) groups is 1. The van der Waals surface area contributed by atoms with E-state index in [1.54, 1.807) is 13.8 Å². The Balaban J connectivity index is 1.84. The molecule has 0 amide bonds. The molecule has 0 aliphatic heterocycles. The van der Waals surface area contributed by atoms with E-state index < -0.39 is 5.97 Å². The number of aromatic nitrogens is 2. The maximum Gasteiger partial charge on any atom is 0.339 e. The van der Waals surface area contributed by atoms with Crippen molar-refractivity contribution in [1.82, 2.24) is 9.97 Å². The quantitative estimate of drug-likeness (QED) is 0.363. The lowest BCUT2D eigenvalue weighted by atomic mass is 10.1. The predicted octanol–water partition coefficient (Wildman–Crippen LogP) is 5.04. The number of nitrogens with one attached hydrogen (secondary N) is 1. The van der Waals surface area contributed by atoms with Crippen molar-refractivity contribution in [3.63, 3.8) is 0 Å². The first-order valence-electron chi connectivity index (χ1n) is 7.86. The molecule has 136 valence electrons. The Hall–Kier alpha value is -1.83. The lowest BCUT2D eigenvalue weighted by Gasteiger charge is -2.08. The van der Waals surface area contributed by atoms with Crippen molar-refractivity contribution in [3.8, 4) is 0 Å². The van der Waals surface area contributed by atoms with Crippen LogP contribution < -0.4 is 0 Å². The van der Waals surface area contributed by atoms with E-state index in [2.05, 4.69) is 9.97 Å². The molecule has 0 bridgehead atoms. The summed E-state index contributed by atoms with van der Waals surface area (Å²) >= 11 is 8.92. The number of ketones is 1. The van der Waals surface area contributed by atoms with Crippen molar-refractivity contribution in [1.29, 1.82) is 0 Å². The summed E-state index contributed by atoms with van der Waals surface area (Å²) in [7, 11) is 1.33. The fraction of sp³-hybridized carbons (Fsp3) is 0.278. The van der Waals surface area contributed by atoms with E-state index in [-0.39, 0.29) is 11.0 Å². The summed E-state index contributed by atoms with van der Waals surface area (Å²) in [5.74, 6) is -0.526. The van der Waals surface area contributed by atoms with Crippen molar-refractivity contribution >= 4 is 56.7 Å². The van der Waals surface area contributed by atoms with Crippen LogP contribution in [0.4, 0.5) is 0 Å². The minimum absolute atomic E-state index is 0.0805. The van der Waals surface area contributed by atoms with E-state index in [9.17, 15) is 9.59 Å². The number of hydrogen-bond donors (Lipinski definition) is 1.